The molecule has 0 bridgehead atoms. The smallest absolute Gasteiger partial charge is 0.472 e. The molecule has 0 aliphatic rings. The summed E-state index contributed by atoms with van der Waals surface area (Å²) in [6.07, 6.45) is 18.0. The van der Waals surface area contributed by atoms with E-state index < -0.39 is 39.2 Å². The predicted octanol–water partition coefficient (Wildman–Crippen LogP) is 4.27. The average Bonchev–Trinajstić information content (AvgIpc) is 2.82. The second-order valence-corrected chi connectivity index (χ2v) is 10.6. The predicted molar refractivity (Wildman–Crippen MR) is 136 cm³/mol. The maximum atomic E-state index is 11.9. The van der Waals surface area contributed by atoms with Gasteiger partial charge in [0.15, 0.2) is 0 Å². The summed E-state index contributed by atoms with van der Waals surface area (Å²) in [5.74, 6) is -1.59. The highest BCUT2D eigenvalue weighted by Crippen LogP contribution is 2.43. The summed E-state index contributed by atoms with van der Waals surface area (Å²) in [7, 11) is -4.55. The van der Waals surface area contributed by atoms with E-state index in [2.05, 4.69) is 21.3 Å². The number of unbranched alkanes of at least 4 members (excludes halogenated alkanes) is 14. The highest BCUT2D eigenvalue weighted by atomic mass is 31.2. The molecule has 11 heteroatoms. The van der Waals surface area contributed by atoms with Gasteiger partial charge in [-0.2, -0.15) is 0 Å². The zero-order chi connectivity index (χ0) is 26.4. The van der Waals surface area contributed by atoms with Crippen LogP contribution in [0.4, 0.5) is 0 Å². The Morgan fingerprint density at radius 1 is 0.829 bits per heavy atom. The van der Waals surface area contributed by atoms with Crippen LogP contribution in [0.1, 0.15) is 110 Å². The van der Waals surface area contributed by atoms with Crippen LogP contribution in [0.25, 0.3) is 0 Å². The standard InChI is InChI=1S/C24H49N2O8P/c1-2-3-4-5-6-7-8-9-10-11-12-13-14-15-16-17-23(28)26-18-21(27)19-33-35(31,32)34-20-22(25)24(29)30/h21-22,27H,2-20,25H2,1H3,(H,26,28)(H,29,30)(H,31,32)/t21-,22+/m1/s1. The number of rotatable bonds is 25. The van der Waals surface area contributed by atoms with Crippen LogP contribution in [0.3, 0.4) is 0 Å². The largest absolute Gasteiger partial charge is 0.480 e. The molecule has 0 spiro atoms. The minimum Gasteiger partial charge on any atom is -0.480 e. The van der Waals surface area contributed by atoms with Gasteiger partial charge in [-0.3, -0.25) is 18.6 Å². The molecule has 0 aliphatic heterocycles. The van der Waals surface area contributed by atoms with E-state index in [0.717, 1.165) is 19.3 Å². The van der Waals surface area contributed by atoms with Crippen LogP contribution in [0, 0.1) is 0 Å². The van der Waals surface area contributed by atoms with Gasteiger partial charge in [-0.05, 0) is 6.42 Å². The van der Waals surface area contributed by atoms with Crippen molar-refractivity contribution in [2.24, 2.45) is 5.73 Å². The number of phosphoric ester groups is 1. The molecule has 0 heterocycles. The molecule has 0 aromatic carbocycles. The van der Waals surface area contributed by atoms with E-state index in [1.54, 1.807) is 0 Å². The van der Waals surface area contributed by atoms with Crippen molar-refractivity contribution in [1.82, 2.24) is 5.32 Å². The monoisotopic (exact) mass is 524 g/mol. The fourth-order valence-corrected chi connectivity index (χ4v) is 4.28. The van der Waals surface area contributed by atoms with Crippen molar-refractivity contribution in [2.45, 2.75) is 122 Å². The van der Waals surface area contributed by atoms with Crippen molar-refractivity contribution in [1.29, 1.82) is 0 Å². The summed E-state index contributed by atoms with van der Waals surface area (Å²) < 4.78 is 20.6. The van der Waals surface area contributed by atoms with Crippen molar-refractivity contribution in [3.05, 3.63) is 0 Å². The first-order valence-corrected chi connectivity index (χ1v) is 14.7. The number of hydrogen-bond acceptors (Lipinski definition) is 7. The van der Waals surface area contributed by atoms with Crippen LogP contribution >= 0.6 is 7.82 Å². The molecule has 0 aliphatic carbocycles. The van der Waals surface area contributed by atoms with Gasteiger partial charge in [0, 0.05) is 13.0 Å². The summed E-state index contributed by atoms with van der Waals surface area (Å²) in [6.45, 7) is 0.840. The Morgan fingerprint density at radius 2 is 1.26 bits per heavy atom. The molecular weight excluding hydrogens is 475 g/mol. The van der Waals surface area contributed by atoms with E-state index in [1.165, 1.54) is 77.0 Å². The van der Waals surface area contributed by atoms with Gasteiger partial charge in [-0.1, -0.05) is 96.8 Å². The lowest BCUT2D eigenvalue weighted by Gasteiger charge is -2.16. The third-order valence-corrected chi connectivity index (χ3v) is 6.66. The number of carboxylic acids is 1. The summed E-state index contributed by atoms with van der Waals surface area (Å²) in [5.41, 5.74) is 5.17. The van der Waals surface area contributed by atoms with Gasteiger partial charge in [0.1, 0.15) is 6.04 Å². The molecule has 0 rings (SSSR count). The molecule has 0 aromatic heterocycles. The molecule has 208 valence electrons. The normalized spacial score (nSPS) is 14.9. The second kappa shape index (κ2) is 22.2. The number of aliphatic carboxylic acids is 1. The summed E-state index contributed by atoms with van der Waals surface area (Å²) in [5, 5.41) is 20.9. The second-order valence-electron chi connectivity index (χ2n) is 9.16. The quantitative estimate of drug-likeness (QED) is 0.0864. The van der Waals surface area contributed by atoms with E-state index in [9.17, 15) is 24.2 Å². The molecule has 1 amide bonds. The number of carbonyl (C=O) groups excluding carboxylic acids is 1. The van der Waals surface area contributed by atoms with Gasteiger partial charge in [-0.25, -0.2) is 4.57 Å². The number of carbonyl (C=O) groups is 2. The lowest BCUT2D eigenvalue weighted by atomic mass is 10.0. The van der Waals surface area contributed by atoms with E-state index in [0.29, 0.717) is 6.42 Å². The van der Waals surface area contributed by atoms with Gasteiger partial charge >= 0.3 is 13.8 Å². The van der Waals surface area contributed by atoms with Crippen LogP contribution in [-0.4, -0.2) is 58.9 Å². The molecule has 0 saturated carbocycles. The van der Waals surface area contributed by atoms with E-state index in [-0.39, 0.29) is 12.5 Å². The van der Waals surface area contributed by atoms with Gasteiger partial charge in [0.2, 0.25) is 5.91 Å². The molecule has 3 atom stereocenters. The van der Waals surface area contributed by atoms with Crippen LogP contribution in [-0.2, 0) is 23.2 Å². The minimum atomic E-state index is -4.55. The first kappa shape index (κ1) is 34.0. The number of aliphatic hydroxyl groups is 1. The summed E-state index contributed by atoms with van der Waals surface area (Å²) >= 11 is 0. The topological polar surface area (TPSA) is 168 Å². The summed E-state index contributed by atoms with van der Waals surface area (Å²) in [4.78, 5) is 31.9. The van der Waals surface area contributed by atoms with Crippen LogP contribution in [0.5, 0.6) is 0 Å². The molecular formula is C24H49N2O8P. The third-order valence-electron chi connectivity index (χ3n) is 5.71. The van der Waals surface area contributed by atoms with Crippen molar-refractivity contribution in [3.63, 3.8) is 0 Å². The molecule has 6 N–H and O–H groups in total. The van der Waals surface area contributed by atoms with Gasteiger partial charge in [0.25, 0.3) is 0 Å². The zero-order valence-electron chi connectivity index (χ0n) is 21.5. The SMILES string of the molecule is CCCCCCCCCCCCCCCCCC(=O)NC[C@@H](O)COP(=O)(O)OC[C@H](N)C(=O)O. The number of hydrogen-bond donors (Lipinski definition) is 5. The van der Waals surface area contributed by atoms with Crippen molar-refractivity contribution in [2.75, 3.05) is 19.8 Å². The Morgan fingerprint density at radius 3 is 1.71 bits per heavy atom. The van der Waals surface area contributed by atoms with Crippen molar-refractivity contribution < 1.29 is 38.3 Å². The zero-order valence-corrected chi connectivity index (χ0v) is 22.4. The lowest BCUT2D eigenvalue weighted by Crippen LogP contribution is -2.35. The van der Waals surface area contributed by atoms with E-state index in [1.807, 2.05) is 0 Å². The van der Waals surface area contributed by atoms with E-state index in [4.69, 9.17) is 10.8 Å². The maximum Gasteiger partial charge on any atom is 0.472 e. The Labute approximate surface area is 211 Å². The number of nitrogens with two attached hydrogens (primary N) is 1. The van der Waals surface area contributed by atoms with Crippen LogP contribution in [0.15, 0.2) is 0 Å². The van der Waals surface area contributed by atoms with Crippen molar-refractivity contribution in [3.8, 4) is 0 Å². The average molecular weight is 525 g/mol. The number of amides is 1. The van der Waals surface area contributed by atoms with Crippen molar-refractivity contribution >= 4 is 19.7 Å². The molecule has 0 saturated heterocycles. The molecule has 35 heavy (non-hydrogen) atoms. The molecule has 1 unspecified atom stereocenters. The summed E-state index contributed by atoms with van der Waals surface area (Å²) in [6, 6.07) is -1.47. The van der Waals surface area contributed by atoms with Crippen LogP contribution < -0.4 is 11.1 Å². The highest BCUT2D eigenvalue weighted by molar-refractivity contribution is 7.47. The Balaban J connectivity index is 3.55. The maximum absolute atomic E-state index is 11.9. The number of nitrogens with one attached hydrogen (secondary N) is 1. The molecule has 0 fully saturated rings. The Kier molecular flexibility index (Phi) is 21.5. The minimum absolute atomic E-state index is 0.133. The highest BCUT2D eigenvalue weighted by Gasteiger charge is 2.25. The Hall–Kier alpha value is -1.03. The first-order valence-electron chi connectivity index (χ1n) is 13.2. The number of carboxylic acid groups (broad SMARTS) is 1. The fourth-order valence-electron chi connectivity index (χ4n) is 3.50. The Bertz CT molecular complexity index is 594. The van der Waals surface area contributed by atoms with Gasteiger partial charge in [0.05, 0.1) is 19.3 Å². The molecule has 0 radical (unpaired) electrons. The van der Waals surface area contributed by atoms with E-state index >= 15 is 0 Å². The first-order chi connectivity index (χ1) is 16.7. The number of aliphatic hydroxyl groups excluding tert-OH is 1. The molecule has 10 nitrogen and oxygen atoms in total. The van der Waals surface area contributed by atoms with Gasteiger partial charge in [-0.15, -0.1) is 0 Å². The molecule has 0 aromatic rings. The number of phosphoric acid groups is 1. The van der Waals surface area contributed by atoms with Crippen LogP contribution in [0.2, 0.25) is 0 Å². The third kappa shape index (κ3) is 23.1. The fraction of sp³-hybridized carbons (Fsp3) is 0.917. The lowest BCUT2D eigenvalue weighted by molar-refractivity contribution is -0.139. The van der Waals surface area contributed by atoms with Gasteiger partial charge < -0.3 is 26.2 Å².